The summed E-state index contributed by atoms with van der Waals surface area (Å²) in [6.07, 6.45) is 1.12. The van der Waals surface area contributed by atoms with Crippen molar-refractivity contribution >= 4 is 18.3 Å². The predicted molar refractivity (Wildman–Crippen MR) is 78.7 cm³/mol. The molecule has 0 spiro atoms. The average Bonchev–Trinajstić information content (AvgIpc) is 2.28. The van der Waals surface area contributed by atoms with E-state index in [0.717, 1.165) is 30.6 Å². The van der Waals surface area contributed by atoms with Gasteiger partial charge in [-0.25, -0.2) is 0 Å². The molecule has 3 nitrogen and oxygen atoms in total. The van der Waals surface area contributed by atoms with Crippen LogP contribution in [-0.4, -0.2) is 25.5 Å². The zero-order valence-corrected chi connectivity index (χ0v) is 12.2. The van der Waals surface area contributed by atoms with Gasteiger partial charge in [0.05, 0.1) is 0 Å². The summed E-state index contributed by atoms with van der Waals surface area (Å²) in [7, 11) is 0. The van der Waals surface area contributed by atoms with Gasteiger partial charge in [0.15, 0.2) is 0 Å². The highest BCUT2D eigenvalue weighted by Gasteiger charge is 2.07. The first-order valence-electron chi connectivity index (χ1n) is 6.21. The molecule has 18 heavy (non-hydrogen) atoms. The normalized spacial score (nSPS) is 9.72. The summed E-state index contributed by atoms with van der Waals surface area (Å²) in [6, 6.07) is 5.89. The number of hydrogen-bond donors (Lipinski definition) is 2. The van der Waals surface area contributed by atoms with Crippen LogP contribution >= 0.6 is 12.4 Å². The Labute approximate surface area is 116 Å². The van der Waals surface area contributed by atoms with Gasteiger partial charge in [0.2, 0.25) is 0 Å². The smallest absolute Gasteiger partial charge is 0.251 e. The second-order valence-electron chi connectivity index (χ2n) is 4.32. The van der Waals surface area contributed by atoms with E-state index in [1.54, 1.807) is 0 Å². The molecule has 1 aromatic rings. The highest BCUT2D eigenvalue weighted by molar-refractivity contribution is 5.95. The van der Waals surface area contributed by atoms with Crippen LogP contribution in [0.4, 0.5) is 0 Å². The van der Waals surface area contributed by atoms with Crippen LogP contribution in [0, 0.1) is 13.8 Å². The van der Waals surface area contributed by atoms with E-state index in [-0.39, 0.29) is 18.3 Å². The van der Waals surface area contributed by atoms with Gasteiger partial charge in [0, 0.05) is 18.7 Å². The highest BCUT2D eigenvalue weighted by atomic mass is 35.5. The molecule has 0 radical (unpaired) electrons. The molecule has 1 rings (SSSR count). The minimum atomic E-state index is 0. The second-order valence-corrected chi connectivity index (χ2v) is 4.32. The molecule has 1 amide bonds. The minimum absolute atomic E-state index is 0. The lowest BCUT2D eigenvalue weighted by atomic mass is 10.1. The van der Waals surface area contributed by atoms with E-state index in [2.05, 4.69) is 17.6 Å². The summed E-state index contributed by atoms with van der Waals surface area (Å²) in [5.41, 5.74) is 2.98. The van der Waals surface area contributed by atoms with Gasteiger partial charge in [0.1, 0.15) is 0 Å². The van der Waals surface area contributed by atoms with E-state index in [9.17, 15) is 4.79 Å². The Morgan fingerprint density at radius 3 is 2.50 bits per heavy atom. The van der Waals surface area contributed by atoms with Gasteiger partial charge >= 0.3 is 0 Å². The number of halogens is 1. The van der Waals surface area contributed by atoms with Gasteiger partial charge < -0.3 is 10.6 Å². The van der Waals surface area contributed by atoms with Gasteiger partial charge in [-0.2, -0.15) is 0 Å². The SMILES string of the molecule is CCCNCCNC(=O)c1ccc(C)cc1C.Cl. The lowest BCUT2D eigenvalue weighted by Crippen LogP contribution is -2.32. The van der Waals surface area contributed by atoms with Crippen molar-refractivity contribution in [2.24, 2.45) is 0 Å². The van der Waals surface area contributed by atoms with Crippen LogP contribution in [0.1, 0.15) is 34.8 Å². The molecular weight excluding hydrogens is 248 g/mol. The van der Waals surface area contributed by atoms with Crippen molar-refractivity contribution in [1.82, 2.24) is 10.6 Å². The zero-order valence-electron chi connectivity index (χ0n) is 11.4. The van der Waals surface area contributed by atoms with E-state index in [4.69, 9.17) is 0 Å². The van der Waals surface area contributed by atoms with Crippen LogP contribution < -0.4 is 10.6 Å². The number of carbonyl (C=O) groups is 1. The zero-order chi connectivity index (χ0) is 12.7. The first-order valence-corrected chi connectivity index (χ1v) is 6.21. The molecule has 0 bridgehead atoms. The first kappa shape index (κ1) is 16.9. The summed E-state index contributed by atoms with van der Waals surface area (Å²) >= 11 is 0. The standard InChI is InChI=1S/C14H22N2O.ClH/c1-4-7-15-8-9-16-14(17)13-6-5-11(2)10-12(13)3;/h5-6,10,15H,4,7-9H2,1-3H3,(H,16,17);1H. The van der Waals surface area contributed by atoms with E-state index in [1.165, 1.54) is 5.56 Å². The molecule has 102 valence electrons. The Morgan fingerprint density at radius 2 is 1.89 bits per heavy atom. The molecule has 0 atom stereocenters. The fraction of sp³-hybridized carbons (Fsp3) is 0.500. The van der Waals surface area contributed by atoms with Crippen molar-refractivity contribution < 1.29 is 4.79 Å². The molecule has 0 aliphatic rings. The van der Waals surface area contributed by atoms with Crippen molar-refractivity contribution in [1.29, 1.82) is 0 Å². The summed E-state index contributed by atoms with van der Waals surface area (Å²) in [5.74, 6) is 0.0146. The minimum Gasteiger partial charge on any atom is -0.351 e. The van der Waals surface area contributed by atoms with Crippen LogP contribution in [-0.2, 0) is 0 Å². The van der Waals surface area contributed by atoms with E-state index >= 15 is 0 Å². The Kier molecular flexibility index (Phi) is 8.42. The van der Waals surface area contributed by atoms with Crippen molar-refractivity contribution in [3.05, 3.63) is 34.9 Å². The summed E-state index contributed by atoms with van der Waals surface area (Å²) < 4.78 is 0. The third-order valence-corrected chi connectivity index (χ3v) is 2.64. The Balaban J connectivity index is 0.00000289. The number of benzene rings is 1. The van der Waals surface area contributed by atoms with Crippen LogP contribution in [0.5, 0.6) is 0 Å². The maximum absolute atomic E-state index is 11.9. The van der Waals surface area contributed by atoms with Crippen molar-refractivity contribution in [3.63, 3.8) is 0 Å². The highest BCUT2D eigenvalue weighted by Crippen LogP contribution is 2.09. The molecular formula is C14H23ClN2O. The van der Waals surface area contributed by atoms with Gasteiger partial charge in [-0.05, 0) is 38.4 Å². The van der Waals surface area contributed by atoms with Crippen molar-refractivity contribution in [2.75, 3.05) is 19.6 Å². The van der Waals surface area contributed by atoms with Crippen LogP contribution in [0.15, 0.2) is 18.2 Å². The maximum atomic E-state index is 11.9. The topological polar surface area (TPSA) is 41.1 Å². The summed E-state index contributed by atoms with van der Waals surface area (Å²) in [4.78, 5) is 11.9. The van der Waals surface area contributed by atoms with Gasteiger partial charge in [-0.3, -0.25) is 4.79 Å². The van der Waals surface area contributed by atoms with Crippen molar-refractivity contribution in [2.45, 2.75) is 27.2 Å². The number of amides is 1. The number of carbonyl (C=O) groups excluding carboxylic acids is 1. The Bertz CT molecular complexity index is 380. The molecule has 1 aromatic carbocycles. The largest absolute Gasteiger partial charge is 0.351 e. The van der Waals surface area contributed by atoms with E-state index in [0.29, 0.717) is 6.54 Å². The molecule has 0 aromatic heterocycles. The summed E-state index contributed by atoms with van der Waals surface area (Å²) in [6.45, 7) is 8.62. The molecule has 0 unspecified atom stereocenters. The third kappa shape index (κ3) is 5.52. The monoisotopic (exact) mass is 270 g/mol. The Morgan fingerprint density at radius 1 is 1.17 bits per heavy atom. The molecule has 0 saturated heterocycles. The van der Waals surface area contributed by atoms with E-state index < -0.39 is 0 Å². The maximum Gasteiger partial charge on any atom is 0.251 e. The number of aryl methyl sites for hydroxylation is 2. The van der Waals surface area contributed by atoms with Crippen LogP contribution in [0.2, 0.25) is 0 Å². The molecule has 0 saturated carbocycles. The number of hydrogen-bond acceptors (Lipinski definition) is 2. The number of nitrogens with one attached hydrogen (secondary N) is 2. The van der Waals surface area contributed by atoms with Crippen LogP contribution in [0.25, 0.3) is 0 Å². The van der Waals surface area contributed by atoms with Gasteiger partial charge in [0.25, 0.3) is 5.91 Å². The molecule has 0 aliphatic carbocycles. The number of rotatable bonds is 6. The molecule has 0 heterocycles. The van der Waals surface area contributed by atoms with Gasteiger partial charge in [-0.1, -0.05) is 24.6 Å². The quantitative estimate of drug-likeness (QED) is 0.780. The fourth-order valence-electron chi connectivity index (χ4n) is 1.73. The molecule has 0 fully saturated rings. The van der Waals surface area contributed by atoms with Crippen molar-refractivity contribution in [3.8, 4) is 0 Å². The lowest BCUT2D eigenvalue weighted by Gasteiger charge is -2.08. The average molecular weight is 271 g/mol. The third-order valence-electron chi connectivity index (χ3n) is 2.64. The van der Waals surface area contributed by atoms with Crippen LogP contribution in [0.3, 0.4) is 0 Å². The van der Waals surface area contributed by atoms with E-state index in [1.807, 2.05) is 32.0 Å². The molecule has 2 N–H and O–H groups in total. The molecule has 0 aliphatic heterocycles. The lowest BCUT2D eigenvalue weighted by molar-refractivity contribution is 0.0953. The predicted octanol–water partition coefficient (Wildman–Crippen LogP) is 2.45. The second kappa shape index (κ2) is 8.95. The molecule has 4 heteroatoms. The fourth-order valence-corrected chi connectivity index (χ4v) is 1.73. The summed E-state index contributed by atoms with van der Waals surface area (Å²) in [5, 5.41) is 6.17. The van der Waals surface area contributed by atoms with Gasteiger partial charge in [-0.15, -0.1) is 12.4 Å². The first-order chi connectivity index (χ1) is 8.15. The Hall–Kier alpha value is -1.06.